The topological polar surface area (TPSA) is 66.8 Å². The Morgan fingerprint density at radius 3 is 2.41 bits per heavy atom. The molecule has 0 saturated heterocycles. The molecule has 5 nitrogen and oxygen atoms in total. The quantitative estimate of drug-likeness (QED) is 0.840. The van der Waals surface area contributed by atoms with Crippen molar-refractivity contribution in [3.63, 3.8) is 0 Å². The summed E-state index contributed by atoms with van der Waals surface area (Å²) in [4.78, 5) is 25.5. The number of carbonyl (C=O) groups is 2. The van der Waals surface area contributed by atoms with Crippen LogP contribution in [0.15, 0.2) is 48.5 Å². The lowest BCUT2D eigenvalue weighted by molar-refractivity contribution is -0.139. The summed E-state index contributed by atoms with van der Waals surface area (Å²) in [7, 11) is 1.70. The largest absolute Gasteiger partial charge is 0.482 e. The Bertz CT molecular complexity index is 828. The average molecular weight is 371 g/mol. The number of carbonyl (C=O) groups excluding carboxylic acids is 1. The second-order valence-electron chi connectivity index (χ2n) is 6.84. The second kappa shape index (κ2) is 7.78. The van der Waals surface area contributed by atoms with E-state index in [4.69, 9.17) is 9.84 Å². The minimum atomic E-state index is -1.05. The van der Waals surface area contributed by atoms with Crippen molar-refractivity contribution in [1.82, 2.24) is 0 Å². The van der Waals surface area contributed by atoms with Gasteiger partial charge in [0.2, 0.25) is 5.91 Å². The van der Waals surface area contributed by atoms with Crippen molar-refractivity contribution in [2.24, 2.45) is 0 Å². The number of carboxylic acid groups (broad SMARTS) is 1. The van der Waals surface area contributed by atoms with Crippen LogP contribution in [0.3, 0.4) is 0 Å². The van der Waals surface area contributed by atoms with Crippen molar-refractivity contribution in [2.75, 3.05) is 18.6 Å². The van der Waals surface area contributed by atoms with Gasteiger partial charge in [0.25, 0.3) is 0 Å². The van der Waals surface area contributed by atoms with E-state index in [1.165, 1.54) is 12.1 Å². The first kappa shape index (κ1) is 18.9. The van der Waals surface area contributed by atoms with Gasteiger partial charge in [0.05, 0.1) is 5.41 Å². The smallest absolute Gasteiger partial charge is 0.341 e. The highest BCUT2D eigenvalue weighted by Gasteiger charge is 2.44. The molecule has 1 amide bonds. The summed E-state index contributed by atoms with van der Waals surface area (Å²) < 4.78 is 18.9. The molecule has 0 atom stereocenters. The summed E-state index contributed by atoms with van der Waals surface area (Å²) in [6, 6.07) is 13.0. The van der Waals surface area contributed by atoms with E-state index in [9.17, 15) is 14.0 Å². The van der Waals surface area contributed by atoms with Crippen LogP contribution in [-0.2, 0) is 15.0 Å². The molecule has 1 aliphatic rings. The van der Waals surface area contributed by atoms with Crippen LogP contribution in [0.5, 0.6) is 5.75 Å². The Hall–Kier alpha value is -2.89. The van der Waals surface area contributed by atoms with Crippen molar-refractivity contribution < 1.29 is 23.8 Å². The molecule has 2 aromatic carbocycles. The van der Waals surface area contributed by atoms with E-state index in [1.807, 2.05) is 6.07 Å². The van der Waals surface area contributed by atoms with Crippen molar-refractivity contribution >= 4 is 17.6 Å². The SMILES string of the molecule is CN(C(=O)C1(c2cccc(F)c2)CCCC1)c1ccc(OCC(=O)O)cc1. The van der Waals surface area contributed by atoms with Crippen LogP contribution >= 0.6 is 0 Å². The molecule has 0 unspecified atom stereocenters. The predicted octanol–water partition coefficient (Wildman–Crippen LogP) is 3.76. The van der Waals surface area contributed by atoms with Crippen LogP contribution in [0, 0.1) is 5.82 Å². The lowest BCUT2D eigenvalue weighted by atomic mass is 9.77. The van der Waals surface area contributed by atoms with Crippen molar-refractivity contribution in [3.8, 4) is 5.75 Å². The molecule has 6 heteroatoms. The highest BCUT2D eigenvalue weighted by atomic mass is 19.1. The number of halogens is 1. The minimum absolute atomic E-state index is 0.0650. The molecule has 0 bridgehead atoms. The first-order valence-electron chi connectivity index (χ1n) is 8.91. The molecule has 3 rings (SSSR count). The van der Waals surface area contributed by atoms with Crippen LogP contribution in [0.2, 0.25) is 0 Å². The van der Waals surface area contributed by atoms with Gasteiger partial charge in [-0.1, -0.05) is 25.0 Å². The fourth-order valence-electron chi connectivity index (χ4n) is 3.74. The number of ether oxygens (including phenoxy) is 1. The molecule has 1 aliphatic carbocycles. The number of anilines is 1. The Kier molecular flexibility index (Phi) is 5.44. The van der Waals surface area contributed by atoms with Gasteiger partial charge in [0, 0.05) is 12.7 Å². The zero-order chi connectivity index (χ0) is 19.4. The van der Waals surface area contributed by atoms with Crippen LogP contribution in [0.4, 0.5) is 10.1 Å². The summed E-state index contributed by atoms with van der Waals surface area (Å²) in [6.45, 7) is -0.420. The van der Waals surface area contributed by atoms with E-state index in [2.05, 4.69) is 0 Å². The second-order valence-corrected chi connectivity index (χ2v) is 6.84. The van der Waals surface area contributed by atoms with E-state index in [0.717, 1.165) is 18.4 Å². The van der Waals surface area contributed by atoms with E-state index in [-0.39, 0.29) is 11.7 Å². The molecule has 0 spiro atoms. The van der Waals surface area contributed by atoms with Crippen LogP contribution in [0.25, 0.3) is 0 Å². The molecule has 142 valence electrons. The van der Waals surface area contributed by atoms with Crippen LogP contribution in [-0.4, -0.2) is 30.6 Å². The average Bonchev–Trinajstić information content (AvgIpc) is 3.17. The maximum Gasteiger partial charge on any atom is 0.341 e. The lowest BCUT2D eigenvalue weighted by Crippen LogP contribution is -2.43. The van der Waals surface area contributed by atoms with Crippen molar-refractivity contribution in [3.05, 3.63) is 59.9 Å². The molecular formula is C21H22FNO4. The normalized spacial score (nSPS) is 15.3. The zero-order valence-corrected chi connectivity index (χ0v) is 15.2. The van der Waals surface area contributed by atoms with Crippen LogP contribution in [0.1, 0.15) is 31.2 Å². The number of likely N-dealkylation sites (N-methyl/N-ethyl adjacent to an activating group) is 1. The lowest BCUT2D eigenvalue weighted by Gasteiger charge is -2.33. The van der Waals surface area contributed by atoms with Gasteiger partial charge in [-0.3, -0.25) is 4.79 Å². The maximum absolute atomic E-state index is 13.8. The number of hydrogen-bond donors (Lipinski definition) is 1. The maximum atomic E-state index is 13.8. The number of carboxylic acids is 1. The summed E-state index contributed by atoms with van der Waals surface area (Å²) in [5, 5.41) is 8.66. The molecule has 1 saturated carbocycles. The van der Waals surface area contributed by atoms with Gasteiger partial charge >= 0.3 is 5.97 Å². The highest BCUT2D eigenvalue weighted by molar-refractivity contribution is 6.01. The number of benzene rings is 2. The van der Waals surface area contributed by atoms with Gasteiger partial charge < -0.3 is 14.7 Å². The van der Waals surface area contributed by atoms with E-state index in [0.29, 0.717) is 24.3 Å². The van der Waals surface area contributed by atoms with Crippen molar-refractivity contribution in [1.29, 1.82) is 0 Å². The molecule has 0 radical (unpaired) electrons. The van der Waals surface area contributed by atoms with E-state index < -0.39 is 18.0 Å². The number of rotatable bonds is 6. The third-order valence-electron chi connectivity index (χ3n) is 5.13. The fourth-order valence-corrected chi connectivity index (χ4v) is 3.74. The van der Waals surface area contributed by atoms with E-state index in [1.54, 1.807) is 42.3 Å². The van der Waals surface area contributed by atoms with Gasteiger partial charge in [-0.2, -0.15) is 0 Å². The fraction of sp³-hybridized carbons (Fsp3) is 0.333. The number of nitrogens with zero attached hydrogens (tertiary/aromatic N) is 1. The summed E-state index contributed by atoms with van der Waals surface area (Å²) in [6.07, 6.45) is 3.25. The Balaban J connectivity index is 1.83. The molecule has 0 aliphatic heterocycles. The Morgan fingerprint density at radius 1 is 1.15 bits per heavy atom. The zero-order valence-electron chi connectivity index (χ0n) is 15.2. The third kappa shape index (κ3) is 3.94. The molecule has 0 heterocycles. The van der Waals surface area contributed by atoms with Gasteiger partial charge in [0.1, 0.15) is 11.6 Å². The van der Waals surface area contributed by atoms with Crippen molar-refractivity contribution in [2.45, 2.75) is 31.1 Å². The predicted molar refractivity (Wildman–Crippen MR) is 99.5 cm³/mol. The van der Waals surface area contributed by atoms with Gasteiger partial charge in [-0.25, -0.2) is 9.18 Å². The van der Waals surface area contributed by atoms with E-state index >= 15 is 0 Å². The molecular weight excluding hydrogens is 349 g/mol. The highest BCUT2D eigenvalue weighted by Crippen LogP contribution is 2.43. The Morgan fingerprint density at radius 2 is 1.81 bits per heavy atom. The first-order chi connectivity index (χ1) is 12.9. The summed E-state index contributed by atoms with van der Waals surface area (Å²) in [5.41, 5.74) is 0.679. The molecule has 2 aromatic rings. The molecule has 27 heavy (non-hydrogen) atoms. The van der Waals surface area contributed by atoms with Gasteiger partial charge in [-0.15, -0.1) is 0 Å². The monoisotopic (exact) mass is 371 g/mol. The third-order valence-corrected chi connectivity index (χ3v) is 5.13. The van der Waals surface area contributed by atoms with Crippen LogP contribution < -0.4 is 9.64 Å². The van der Waals surface area contributed by atoms with Gasteiger partial charge in [-0.05, 0) is 54.8 Å². The summed E-state index contributed by atoms with van der Waals surface area (Å²) >= 11 is 0. The molecule has 0 aromatic heterocycles. The number of hydrogen-bond acceptors (Lipinski definition) is 3. The number of amides is 1. The number of aliphatic carboxylic acids is 1. The van der Waals surface area contributed by atoms with Gasteiger partial charge in [0.15, 0.2) is 6.61 Å². The molecule has 1 fully saturated rings. The standard InChI is InChI=1S/C21H22FNO4/c1-23(17-7-9-18(10-8-17)27-14-19(24)25)20(26)21(11-2-3-12-21)15-5-4-6-16(22)13-15/h4-10,13H,2-3,11-12,14H2,1H3,(H,24,25). The summed E-state index contributed by atoms with van der Waals surface area (Å²) in [5.74, 6) is -1.04. The molecule has 1 N–H and O–H groups in total. The minimum Gasteiger partial charge on any atom is -0.482 e. The first-order valence-corrected chi connectivity index (χ1v) is 8.91. The Labute approximate surface area is 157 Å².